The molecule has 0 bridgehead atoms. The molecule has 14 heavy (non-hydrogen) atoms. The van der Waals surface area contributed by atoms with Gasteiger partial charge in [-0.2, -0.15) is 0 Å². The molecule has 0 radical (unpaired) electrons. The van der Waals surface area contributed by atoms with E-state index in [1.807, 2.05) is 12.5 Å². The Hall–Kier alpha value is -0.830. The number of imidazole rings is 1. The van der Waals surface area contributed by atoms with E-state index >= 15 is 0 Å². The van der Waals surface area contributed by atoms with Crippen molar-refractivity contribution in [1.29, 1.82) is 0 Å². The van der Waals surface area contributed by atoms with E-state index in [0.29, 0.717) is 0 Å². The minimum absolute atomic E-state index is 0.866. The first-order chi connectivity index (χ1) is 6.86. The molecule has 1 aliphatic rings. The van der Waals surface area contributed by atoms with E-state index in [-0.39, 0.29) is 0 Å². The van der Waals surface area contributed by atoms with Gasteiger partial charge in [0.25, 0.3) is 0 Å². The summed E-state index contributed by atoms with van der Waals surface area (Å²) in [7, 11) is 0. The molecule has 1 fully saturated rings. The first kappa shape index (κ1) is 9.71. The van der Waals surface area contributed by atoms with Gasteiger partial charge >= 0.3 is 0 Å². The second kappa shape index (κ2) is 4.60. The van der Waals surface area contributed by atoms with Crippen LogP contribution in [0.1, 0.15) is 25.0 Å². The molecule has 1 aromatic rings. The van der Waals surface area contributed by atoms with E-state index in [9.17, 15) is 0 Å². The summed E-state index contributed by atoms with van der Waals surface area (Å²) in [5.41, 5.74) is 1.27. The number of piperidine rings is 1. The summed E-state index contributed by atoms with van der Waals surface area (Å²) in [6.07, 6.45) is 7.88. The van der Waals surface area contributed by atoms with Gasteiger partial charge in [0.2, 0.25) is 0 Å². The Labute approximate surface area is 85.5 Å². The van der Waals surface area contributed by atoms with Crippen molar-refractivity contribution in [2.75, 3.05) is 13.1 Å². The monoisotopic (exact) mass is 193 g/mol. The SMILES string of the molecule is Cc1cncn1CCC1CCCNC1. The van der Waals surface area contributed by atoms with Gasteiger partial charge in [0, 0.05) is 18.4 Å². The second-order valence-electron chi connectivity index (χ2n) is 4.23. The van der Waals surface area contributed by atoms with Crippen LogP contribution in [0.2, 0.25) is 0 Å². The quantitative estimate of drug-likeness (QED) is 0.790. The molecule has 1 aromatic heterocycles. The molecular weight excluding hydrogens is 174 g/mol. The van der Waals surface area contributed by atoms with Gasteiger partial charge in [-0.15, -0.1) is 0 Å². The van der Waals surface area contributed by atoms with Gasteiger partial charge in [-0.3, -0.25) is 0 Å². The third-order valence-electron chi connectivity index (χ3n) is 3.10. The zero-order chi connectivity index (χ0) is 9.80. The lowest BCUT2D eigenvalue weighted by Gasteiger charge is -2.22. The maximum Gasteiger partial charge on any atom is 0.0948 e. The Morgan fingerprint density at radius 3 is 3.21 bits per heavy atom. The van der Waals surface area contributed by atoms with Gasteiger partial charge in [0.15, 0.2) is 0 Å². The summed E-state index contributed by atoms with van der Waals surface area (Å²) in [5, 5.41) is 3.45. The van der Waals surface area contributed by atoms with Gasteiger partial charge in [-0.1, -0.05) is 0 Å². The fourth-order valence-corrected chi connectivity index (χ4v) is 2.11. The highest BCUT2D eigenvalue weighted by Gasteiger charge is 2.12. The van der Waals surface area contributed by atoms with Crippen molar-refractivity contribution in [3.8, 4) is 0 Å². The van der Waals surface area contributed by atoms with Crippen molar-refractivity contribution in [1.82, 2.24) is 14.9 Å². The van der Waals surface area contributed by atoms with Crippen LogP contribution < -0.4 is 5.32 Å². The summed E-state index contributed by atoms with van der Waals surface area (Å²) in [5.74, 6) is 0.866. The largest absolute Gasteiger partial charge is 0.335 e. The summed E-state index contributed by atoms with van der Waals surface area (Å²) >= 11 is 0. The number of rotatable bonds is 3. The molecule has 0 aromatic carbocycles. The van der Waals surface area contributed by atoms with Gasteiger partial charge in [0.1, 0.15) is 0 Å². The Morgan fingerprint density at radius 2 is 2.57 bits per heavy atom. The van der Waals surface area contributed by atoms with Gasteiger partial charge in [-0.05, 0) is 45.2 Å². The third kappa shape index (κ3) is 2.35. The van der Waals surface area contributed by atoms with Gasteiger partial charge in [-0.25, -0.2) is 4.98 Å². The average molecular weight is 193 g/mol. The summed E-state index contributed by atoms with van der Waals surface area (Å²) in [6.45, 7) is 5.65. The number of aromatic nitrogens is 2. The molecule has 1 saturated heterocycles. The number of nitrogens with one attached hydrogen (secondary N) is 1. The lowest BCUT2D eigenvalue weighted by molar-refractivity contribution is 0.341. The molecule has 2 rings (SSSR count). The van der Waals surface area contributed by atoms with Crippen molar-refractivity contribution in [2.45, 2.75) is 32.7 Å². The van der Waals surface area contributed by atoms with Gasteiger partial charge < -0.3 is 9.88 Å². The van der Waals surface area contributed by atoms with E-state index in [0.717, 1.165) is 12.5 Å². The summed E-state index contributed by atoms with van der Waals surface area (Å²) in [6, 6.07) is 0. The van der Waals surface area contributed by atoms with Crippen molar-refractivity contribution in [2.24, 2.45) is 5.92 Å². The number of hydrogen-bond donors (Lipinski definition) is 1. The Bertz CT molecular complexity index is 274. The van der Waals surface area contributed by atoms with Crippen LogP contribution in [0, 0.1) is 12.8 Å². The lowest BCUT2D eigenvalue weighted by Crippen LogP contribution is -2.30. The first-order valence-corrected chi connectivity index (χ1v) is 5.53. The molecule has 3 nitrogen and oxygen atoms in total. The van der Waals surface area contributed by atoms with Crippen LogP contribution in [0.5, 0.6) is 0 Å². The topological polar surface area (TPSA) is 29.9 Å². The van der Waals surface area contributed by atoms with Crippen molar-refractivity contribution in [3.63, 3.8) is 0 Å². The maximum absolute atomic E-state index is 4.13. The number of aryl methyl sites for hydroxylation is 2. The first-order valence-electron chi connectivity index (χ1n) is 5.53. The molecule has 1 aliphatic heterocycles. The summed E-state index contributed by atoms with van der Waals surface area (Å²) in [4.78, 5) is 4.13. The highest BCUT2D eigenvalue weighted by Crippen LogP contribution is 2.15. The number of hydrogen-bond acceptors (Lipinski definition) is 2. The summed E-state index contributed by atoms with van der Waals surface area (Å²) < 4.78 is 2.24. The van der Waals surface area contributed by atoms with E-state index in [4.69, 9.17) is 0 Å². The lowest BCUT2D eigenvalue weighted by atomic mass is 9.96. The van der Waals surface area contributed by atoms with Crippen LogP contribution in [-0.4, -0.2) is 22.6 Å². The van der Waals surface area contributed by atoms with Crippen molar-refractivity contribution >= 4 is 0 Å². The molecule has 1 unspecified atom stereocenters. The Morgan fingerprint density at radius 1 is 1.64 bits per heavy atom. The predicted octanol–water partition coefficient (Wildman–Crippen LogP) is 1.58. The Balaban J connectivity index is 1.79. The van der Waals surface area contributed by atoms with Crippen LogP contribution >= 0.6 is 0 Å². The molecule has 0 aliphatic carbocycles. The molecule has 0 saturated carbocycles. The molecule has 1 atom stereocenters. The van der Waals surface area contributed by atoms with Crippen LogP contribution in [0.4, 0.5) is 0 Å². The van der Waals surface area contributed by atoms with Crippen molar-refractivity contribution < 1.29 is 0 Å². The van der Waals surface area contributed by atoms with Crippen LogP contribution in [0.3, 0.4) is 0 Å². The predicted molar refractivity (Wildman–Crippen MR) is 57.2 cm³/mol. The zero-order valence-corrected chi connectivity index (χ0v) is 8.87. The van der Waals surface area contributed by atoms with Crippen LogP contribution in [0.25, 0.3) is 0 Å². The third-order valence-corrected chi connectivity index (χ3v) is 3.10. The fraction of sp³-hybridized carbons (Fsp3) is 0.727. The van der Waals surface area contributed by atoms with Crippen LogP contribution in [-0.2, 0) is 6.54 Å². The van der Waals surface area contributed by atoms with Gasteiger partial charge in [0.05, 0.1) is 6.33 Å². The molecule has 1 N–H and O–H groups in total. The van der Waals surface area contributed by atoms with Crippen LogP contribution in [0.15, 0.2) is 12.5 Å². The molecule has 0 spiro atoms. The molecule has 78 valence electrons. The van der Waals surface area contributed by atoms with Crippen molar-refractivity contribution in [3.05, 3.63) is 18.2 Å². The highest BCUT2D eigenvalue weighted by atomic mass is 15.0. The molecule has 0 amide bonds. The fourth-order valence-electron chi connectivity index (χ4n) is 2.11. The van der Waals surface area contributed by atoms with E-state index in [2.05, 4.69) is 21.8 Å². The minimum atomic E-state index is 0.866. The average Bonchev–Trinajstić information content (AvgIpc) is 2.63. The molecule has 2 heterocycles. The Kier molecular flexibility index (Phi) is 3.19. The number of nitrogens with zero attached hydrogens (tertiary/aromatic N) is 2. The van der Waals surface area contributed by atoms with E-state index < -0.39 is 0 Å². The van der Waals surface area contributed by atoms with E-state index in [1.54, 1.807) is 0 Å². The standard InChI is InChI=1S/C11H19N3/c1-10-7-13-9-14(10)6-4-11-3-2-5-12-8-11/h7,9,11-12H,2-6,8H2,1H3. The maximum atomic E-state index is 4.13. The molecule has 3 heteroatoms. The second-order valence-corrected chi connectivity index (χ2v) is 4.23. The minimum Gasteiger partial charge on any atom is -0.335 e. The van der Waals surface area contributed by atoms with E-state index in [1.165, 1.54) is 38.0 Å². The highest BCUT2D eigenvalue weighted by molar-refractivity contribution is 4.93. The normalized spacial score (nSPS) is 22.5. The smallest absolute Gasteiger partial charge is 0.0948 e. The molecular formula is C11H19N3. The zero-order valence-electron chi connectivity index (χ0n) is 8.87.